The van der Waals surface area contributed by atoms with Gasteiger partial charge in [-0.2, -0.15) is 0 Å². The van der Waals surface area contributed by atoms with Gasteiger partial charge in [0.05, 0.1) is 7.11 Å². The van der Waals surface area contributed by atoms with Crippen molar-refractivity contribution in [2.75, 3.05) is 7.11 Å². The van der Waals surface area contributed by atoms with E-state index in [4.69, 9.17) is 18.3 Å². The Morgan fingerprint density at radius 2 is 1.82 bits per heavy atom. The summed E-state index contributed by atoms with van der Waals surface area (Å²) in [5.41, 5.74) is 2.84. The third-order valence-corrected chi connectivity index (χ3v) is 6.18. The number of aromatic nitrogens is 2. The molecule has 0 atom stereocenters. The molecule has 3 aromatic carbocycles. The molecular formula is C30H28N2O6. The summed E-state index contributed by atoms with van der Waals surface area (Å²) in [4.78, 5) is 17.8. The zero-order chi connectivity index (χ0) is 26.3. The van der Waals surface area contributed by atoms with Crippen molar-refractivity contribution >= 4 is 22.9 Å². The molecule has 2 heterocycles. The first-order chi connectivity index (χ1) is 18.6. The van der Waals surface area contributed by atoms with E-state index in [1.807, 2.05) is 42.5 Å². The Balaban J connectivity index is 1.13. The first-order valence-electron chi connectivity index (χ1n) is 12.4. The number of methoxy groups -OCH3 is 1. The zero-order valence-corrected chi connectivity index (χ0v) is 21.0. The predicted octanol–water partition coefficient (Wildman–Crippen LogP) is 6.14. The van der Waals surface area contributed by atoms with Crippen molar-refractivity contribution in [3.8, 4) is 17.4 Å². The molecule has 5 aromatic rings. The van der Waals surface area contributed by atoms with Gasteiger partial charge in [0.15, 0.2) is 17.3 Å². The van der Waals surface area contributed by atoms with Crippen LogP contribution < -0.4 is 15.2 Å². The van der Waals surface area contributed by atoms with E-state index in [1.54, 1.807) is 13.4 Å². The number of rotatable bonds is 11. The molecule has 0 spiro atoms. The summed E-state index contributed by atoms with van der Waals surface area (Å²) in [6, 6.07) is 20.3. The number of aromatic amines is 1. The average Bonchev–Trinajstić information content (AvgIpc) is 3.53. The SMILES string of the molecule is COc1cc(CCCCc2oc(=O)[nH]c2O)ccc1OCc1coc(C=Cc2ccc3ccccc3c2)n1. The molecule has 0 aliphatic heterocycles. The van der Waals surface area contributed by atoms with Crippen molar-refractivity contribution in [1.29, 1.82) is 0 Å². The Labute approximate surface area is 219 Å². The first-order valence-corrected chi connectivity index (χ1v) is 12.4. The lowest BCUT2D eigenvalue weighted by atomic mass is 10.1. The molecule has 2 aromatic heterocycles. The third kappa shape index (κ3) is 6.15. The number of nitrogens with one attached hydrogen (secondary N) is 1. The van der Waals surface area contributed by atoms with Crippen molar-refractivity contribution < 1.29 is 23.4 Å². The number of fused-ring (bicyclic) bond motifs is 1. The fourth-order valence-corrected chi connectivity index (χ4v) is 4.22. The van der Waals surface area contributed by atoms with Crippen LogP contribution in [0.5, 0.6) is 17.4 Å². The minimum absolute atomic E-state index is 0.196. The molecular weight excluding hydrogens is 484 g/mol. The van der Waals surface area contributed by atoms with Crippen LogP contribution >= 0.6 is 0 Å². The molecule has 0 saturated heterocycles. The van der Waals surface area contributed by atoms with Gasteiger partial charge in [-0.1, -0.05) is 42.5 Å². The molecule has 0 aliphatic rings. The molecule has 8 nitrogen and oxygen atoms in total. The van der Waals surface area contributed by atoms with Crippen molar-refractivity contribution in [3.05, 3.63) is 106 Å². The minimum Gasteiger partial charge on any atom is -0.493 e. The summed E-state index contributed by atoms with van der Waals surface area (Å²) < 4.78 is 22.0. The molecule has 194 valence electrons. The third-order valence-electron chi connectivity index (χ3n) is 6.18. The molecule has 0 amide bonds. The van der Waals surface area contributed by atoms with Crippen LogP contribution in [0.1, 0.15) is 41.3 Å². The molecule has 38 heavy (non-hydrogen) atoms. The maximum Gasteiger partial charge on any atom is 0.419 e. The molecule has 0 aliphatic carbocycles. The molecule has 0 saturated carbocycles. The second-order valence-corrected chi connectivity index (χ2v) is 8.88. The normalized spacial score (nSPS) is 11.4. The van der Waals surface area contributed by atoms with E-state index in [2.05, 4.69) is 40.3 Å². The Bertz CT molecular complexity index is 1610. The van der Waals surface area contributed by atoms with Crippen LogP contribution in [-0.4, -0.2) is 22.2 Å². The lowest BCUT2D eigenvalue weighted by Crippen LogP contribution is -1.99. The van der Waals surface area contributed by atoms with Crippen molar-refractivity contribution in [3.63, 3.8) is 0 Å². The highest BCUT2D eigenvalue weighted by Crippen LogP contribution is 2.29. The van der Waals surface area contributed by atoms with Gasteiger partial charge in [0.2, 0.25) is 11.8 Å². The number of oxazole rings is 2. The smallest absolute Gasteiger partial charge is 0.419 e. The zero-order valence-electron chi connectivity index (χ0n) is 21.0. The molecule has 2 N–H and O–H groups in total. The van der Waals surface area contributed by atoms with Gasteiger partial charge in [0.1, 0.15) is 18.6 Å². The lowest BCUT2D eigenvalue weighted by Gasteiger charge is -2.11. The van der Waals surface area contributed by atoms with Crippen molar-refractivity contribution in [2.24, 2.45) is 0 Å². The standard InChI is InChI=1S/C30H28N2O6/c1-35-27-17-20(6-2-5-9-26-29(33)32-30(34)38-26)11-14-25(27)36-18-24-19-37-28(31-24)15-12-21-10-13-22-7-3-4-8-23(22)16-21/h3-4,7-8,10-17,19,33H,2,5-6,9,18H2,1H3,(H,32,34). The van der Waals surface area contributed by atoms with E-state index in [0.717, 1.165) is 30.4 Å². The summed E-state index contributed by atoms with van der Waals surface area (Å²) in [5, 5.41) is 12.0. The van der Waals surface area contributed by atoms with Gasteiger partial charge in [-0.25, -0.2) is 9.78 Å². The summed E-state index contributed by atoms with van der Waals surface area (Å²) in [7, 11) is 1.61. The Kier molecular flexibility index (Phi) is 7.59. The van der Waals surface area contributed by atoms with Gasteiger partial charge in [-0.3, -0.25) is 4.98 Å². The maximum atomic E-state index is 11.1. The maximum absolute atomic E-state index is 11.1. The molecule has 0 fully saturated rings. The fourth-order valence-electron chi connectivity index (χ4n) is 4.22. The van der Waals surface area contributed by atoms with Gasteiger partial charge >= 0.3 is 5.76 Å². The highest BCUT2D eigenvalue weighted by molar-refractivity contribution is 5.85. The van der Waals surface area contributed by atoms with Crippen molar-refractivity contribution in [1.82, 2.24) is 9.97 Å². The predicted molar refractivity (Wildman–Crippen MR) is 144 cm³/mol. The first kappa shape index (κ1) is 25.0. The number of aromatic hydroxyl groups is 1. The number of hydrogen-bond acceptors (Lipinski definition) is 7. The van der Waals surface area contributed by atoms with Crippen LogP contribution in [0.4, 0.5) is 0 Å². The minimum atomic E-state index is -0.642. The highest BCUT2D eigenvalue weighted by atomic mass is 16.5. The highest BCUT2D eigenvalue weighted by Gasteiger charge is 2.10. The fraction of sp³-hybridized carbons (Fsp3) is 0.200. The van der Waals surface area contributed by atoms with Crippen LogP contribution in [0.15, 0.2) is 80.6 Å². The van der Waals surface area contributed by atoms with E-state index >= 15 is 0 Å². The summed E-state index contributed by atoms with van der Waals surface area (Å²) in [5.74, 6) is 1.21. The molecule has 8 heteroatoms. The van der Waals surface area contributed by atoms with Crippen LogP contribution in [0.2, 0.25) is 0 Å². The topological polar surface area (TPSA) is 111 Å². The van der Waals surface area contributed by atoms with Crippen LogP contribution in [0.3, 0.4) is 0 Å². The Morgan fingerprint density at radius 1 is 0.974 bits per heavy atom. The molecule has 5 rings (SSSR count). The Hall–Kier alpha value is -4.72. The number of unbranched alkanes of at least 4 members (excludes halogenated alkanes) is 1. The second kappa shape index (κ2) is 11.6. The van der Waals surface area contributed by atoms with E-state index in [-0.39, 0.29) is 18.2 Å². The number of ether oxygens (including phenoxy) is 2. The quantitative estimate of drug-likeness (QED) is 0.205. The van der Waals surface area contributed by atoms with Gasteiger partial charge in [0.25, 0.3) is 0 Å². The molecule has 0 bridgehead atoms. The summed E-state index contributed by atoms with van der Waals surface area (Å²) in [6.07, 6.45) is 8.31. The monoisotopic (exact) mass is 512 g/mol. The number of benzene rings is 3. The van der Waals surface area contributed by atoms with Gasteiger partial charge < -0.3 is 23.4 Å². The number of aryl methyl sites for hydroxylation is 2. The van der Waals surface area contributed by atoms with Gasteiger partial charge in [-0.15, -0.1) is 0 Å². The largest absolute Gasteiger partial charge is 0.493 e. The van der Waals surface area contributed by atoms with Gasteiger partial charge in [-0.05, 0) is 65.4 Å². The van der Waals surface area contributed by atoms with E-state index in [1.165, 1.54) is 10.8 Å². The molecule has 0 unspecified atom stereocenters. The number of nitrogens with zero attached hydrogens (tertiary/aromatic N) is 1. The summed E-state index contributed by atoms with van der Waals surface area (Å²) >= 11 is 0. The lowest BCUT2D eigenvalue weighted by molar-refractivity contribution is 0.280. The number of H-pyrrole nitrogens is 1. The van der Waals surface area contributed by atoms with E-state index < -0.39 is 5.76 Å². The number of hydrogen-bond donors (Lipinski definition) is 2. The van der Waals surface area contributed by atoms with Gasteiger partial charge in [0, 0.05) is 12.5 Å². The van der Waals surface area contributed by atoms with E-state index in [0.29, 0.717) is 29.5 Å². The van der Waals surface area contributed by atoms with Crippen LogP contribution in [0.25, 0.3) is 22.9 Å². The Morgan fingerprint density at radius 3 is 2.63 bits per heavy atom. The molecule has 0 radical (unpaired) electrons. The summed E-state index contributed by atoms with van der Waals surface area (Å²) in [6.45, 7) is 0.244. The van der Waals surface area contributed by atoms with Crippen LogP contribution in [0, 0.1) is 0 Å². The van der Waals surface area contributed by atoms with E-state index in [9.17, 15) is 9.90 Å². The van der Waals surface area contributed by atoms with Crippen molar-refractivity contribution in [2.45, 2.75) is 32.3 Å². The van der Waals surface area contributed by atoms with Crippen LogP contribution in [-0.2, 0) is 19.4 Å². The average molecular weight is 513 g/mol. The second-order valence-electron chi connectivity index (χ2n) is 8.88.